The zero-order valence-corrected chi connectivity index (χ0v) is 13.1. The fourth-order valence-electron chi connectivity index (χ4n) is 1.33. The van der Waals surface area contributed by atoms with Crippen LogP contribution in [0.3, 0.4) is 0 Å². The second kappa shape index (κ2) is 13.3. The molecule has 0 aliphatic heterocycles. The summed E-state index contributed by atoms with van der Waals surface area (Å²) < 4.78 is 10.7. The maximum absolute atomic E-state index is 8.46. The molecule has 1 rings (SSSR count). The van der Waals surface area contributed by atoms with Crippen LogP contribution < -0.4 is 0 Å². The van der Waals surface area contributed by atoms with Gasteiger partial charge in [0.05, 0.1) is 13.2 Å². The summed E-state index contributed by atoms with van der Waals surface area (Å²) in [6, 6.07) is 7.97. The minimum absolute atomic E-state index is 0. The van der Waals surface area contributed by atoms with Gasteiger partial charge >= 0.3 is 0 Å². The van der Waals surface area contributed by atoms with E-state index in [1.54, 1.807) is 0 Å². The molecule has 0 amide bonds. The van der Waals surface area contributed by atoms with Gasteiger partial charge < -0.3 is 20.5 Å². The zero-order chi connectivity index (χ0) is 13.8. The number of benzene rings is 1. The Hall–Kier alpha value is -0.650. The van der Waals surface area contributed by atoms with Gasteiger partial charge in [0.25, 0.3) is 0 Å². The van der Waals surface area contributed by atoms with E-state index in [0.29, 0.717) is 26.4 Å². The minimum atomic E-state index is -0.128. The SMILES string of the molecule is [CH2-]C#CCOCc1ccc(COCC#CCO)cc1.[Ho]. The summed E-state index contributed by atoms with van der Waals surface area (Å²) in [5, 5.41) is 8.46. The second-order valence-electron chi connectivity index (χ2n) is 3.67. The van der Waals surface area contributed by atoms with Gasteiger partial charge in [0.15, 0.2) is 0 Å². The normalized spacial score (nSPS) is 8.65. The molecule has 0 saturated carbocycles. The Bertz CT molecular complexity index is 474. The van der Waals surface area contributed by atoms with Crippen LogP contribution in [0.4, 0.5) is 0 Å². The number of hydrogen-bond acceptors (Lipinski definition) is 3. The maximum Gasteiger partial charge on any atom is 0.108 e. The van der Waals surface area contributed by atoms with Crippen molar-refractivity contribution in [1.29, 1.82) is 0 Å². The number of hydrogen-bond donors (Lipinski definition) is 1. The molecule has 0 aliphatic carbocycles. The smallest absolute Gasteiger partial charge is 0.108 e. The predicted molar refractivity (Wildman–Crippen MR) is 73.7 cm³/mol. The fourth-order valence-corrected chi connectivity index (χ4v) is 1.33. The molecule has 111 valence electrons. The molecule has 1 aromatic rings. The molecule has 1 aromatic carbocycles. The zero-order valence-electron chi connectivity index (χ0n) is 11.1. The molecule has 0 spiro atoms. The fraction of sp³-hybridized carbons (Fsp3) is 0.312. The molecule has 3 nitrogen and oxygen atoms in total. The van der Waals surface area contributed by atoms with E-state index in [1.807, 2.05) is 24.3 Å². The van der Waals surface area contributed by atoms with Crippen LogP contribution in [0.2, 0.25) is 0 Å². The topological polar surface area (TPSA) is 38.7 Å². The first-order valence-electron chi connectivity index (χ1n) is 5.91. The van der Waals surface area contributed by atoms with Crippen molar-refractivity contribution in [3.63, 3.8) is 0 Å². The first-order valence-corrected chi connectivity index (χ1v) is 5.91. The molecule has 4 heteroatoms. The molecule has 0 heterocycles. The van der Waals surface area contributed by atoms with Crippen molar-refractivity contribution in [2.24, 2.45) is 0 Å². The van der Waals surface area contributed by atoms with E-state index in [4.69, 9.17) is 14.6 Å². The molecular formula is C16H17HoO3-. The van der Waals surface area contributed by atoms with Gasteiger partial charge in [0, 0.05) is 44.3 Å². The minimum Gasteiger partial charge on any atom is -0.384 e. The Balaban J connectivity index is 0.00000361. The molecule has 0 fully saturated rings. The predicted octanol–water partition coefficient (Wildman–Crippen LogP) is 1.55. The summed E-state index contributed by atoms with van der Waals surface area (Å²) in [4.78, 5) is 0. The van der Waals surface area contributed by atoms with E-state index in [9.17, 15) is 0 Å². The van der Waals surface area contributed by atoms with Gasteiger partial charge in [-0.2, -0.15) is 6.92 Å². The number of aliphatic hydroxyl groups is 1. The van der Waals surface area contributed by atoms with Crippen LogP contribution in [-0.4, -0.2) is 24.9 Å². The third-order valence-corrected chi connectivity index (χ3v) is 2.24. The average Bonchev–Trinajstić information content (AvgIpc) is 2.45. The van der Waals surface area contributed by atoms with Crippen molar-refractivity contribution < 1.29 is 52.3 Å². The third kappa shape index (κ3) is 9.28. The Labute approximate surface area is 150 Å². The van der Waals surface area contributed by atoms with Crippen molar-refractivity contribution >= 4 is 0 Å². The van der Waals surface area contributed by atoms with Gasteiger partial charge in [-0.05, 0) is 11.1 Å². The number of ether oxygens (including phenoxy) is 2. The van der Waals surface area contributed by atoms with Crippen LogP contribution >= 0.6 is 0 Å². The summed E-state index contributed by atoms with van der Waals surface area (Å²) in [5.74, 6) is 10.5. The van der Waals surface area contributed by atoms with Crippen molar-refractivity contribution in [2.75, 3.05) is 19.8 Å². The largest absolute Gasteiger partial charge is 0.384 e. The Morgan fingerprint density at radius 3 is 1.85 bits per heavy atom. The summed E-state index contributed by atoms with van der Waals surface area (Å²) in [5.41, 5.74) is 2.17. The third-order valence-electron chi connectivity index (χ3n) is 2.24. The van der Waals surface area contributed by atoms with Gasteiger partial charge in [0.1, 0.15) is 13.2 Å². The van der Waals surface area contributed by atoms with Crippen LogP contribution in [0.15, 0.2) is 24.3 Å². The van der Waals surface area contributed by atoms with E-state index in [2.05, 4.69) is 30.6 Å². The molecule has 20 heavy (non-hydrogen) atoms. The Morgan fingerprint density at radius 1 is 0.900 bits per heavy atom. The molecule has 0 saturated heterocycles. The first kappa shape index (κ1) is 19.3. The van der Waals surface area contributed by atoms with Gasteiger partial charge in [-0.3, -0.25) is 5.92 Å². The molecule has 1 radical (unpaired) electrons. The van der Waals surface area contributed by atoms with Crippen LogP contribution in [0.1, 0.15) is 11.1 Å². The van der Waals surface area contributed by atoms with Crippen molar-refractivity contribution in [3.8, 4) is 23.7 Å². The van der Waals surface area contributed by atoms with E-state index < -0.39 is 0 Å². The Morgan fingerprint density at radius 2 is 1.40 bits per heavy atom. The van der Waals surface area contributed by atoms with Crippen LogP contribution in [-0.2, 0) is 22.7 Å². The first-order chi connectivity index (χ1) is 9.36. The number of aliphatic hydroxyl groups excluding tert-OH is 1. The average molecular weight is 422 g/mol. The molecule has 0 aromatic heterocycles. The van der Waals surface area contributed by atoms with E-state index in [1.165, 1.54) is 0 Å². The standard InChI is InChI=1S/C16H17O3.Ho/c1-2-3-11-18-13-15-6-8-16(9-7-15)14-19-12-5-4-10-17;/h6-9,17H,1,10-14H2;/q-1;. The van der Waals surface area contributed by atoms with Crippen molar-refractivity contribution in [2.45, 2.75) is 13.2 Å². The van der Waals surface area contributed by atoms with Crippen molar-refractivity contribution in [1.82, 2.24) is 0 Å². The summed E-state index contributed by atoms with van der Waals surface area (Å²) in [7, 11) is 0. The quantitative estimate of drug-likeness (QED) is 0.328. The van der Waals surface area contributed by atoms with Gasteiger partial charge in [-0.25, -0.2) is 0 Å². The maximum atomic E-state index is 8.46. The van der Waals surface area contributed by atoms with E-state index in [-0.39, 0.29) is 44.3 Å². The molecule has 0 aliphatic rings. The van der Waals surface area contributed by atoms with Crippen LogP contribution in [0, 0.1) is 68.3 Å². The van der Waals surface area contributed by atoms with Gasteiger partial charge in [-0.1, -0.05) is 36.1 Å². The Kier molecular flexibility index (Phi) is 12.9. The molecular weight excluding hydrogens is 405 g/mol. The molecule has 1 N–H and O–H groups in total. The van der Waals surface area contributed by atoms with Gasteiger partial charge in [-0.15, -0.1) is 0 Å². The summed E-state index contributed by atoms with van der Waals surface area (Å²) >= 11 is 0. The summed E-state index contributed by atoms with van der Waals surface area (Å²) in [6.45, 7) is 5.06. The summed E-state index contributed by atoms with van der Waals surface area (Å²) in [6.07, 6.45) is 0. The van der Waals surface area contributed by atoms with Gasteiger partial charge in [0.2, 0.25) is 0 Å². The molecule has 0 unspecified atom stereocenters. The second-order valence-corrected chi connectivity index (χ2v) is 3.67. The molecule has 0 atom stereocenters. The van der Waals surface area contributed by atoms with Crippen LogP contribution in [0.25, 0.3) is 0 Å². The van der Waals surface area contributed by atoms with Crippen LogP contribution in [0.5, 0.6) is 0 Å². The van der Waals surface area contributed by atoms with Crippen molar-refractivity contribution in [3.05, 3.63) is 42.3 Å². The number of rotatable bonds is 6. The van der Waals surface area contributed by atoms with E-state index in [0.717, 1.165) is 11.1 Å². The monoisotopic (exact) mass is 422 g/mol. The molecule has 0 bridgehead atoms. The van der Waals surface area contributed by atoms with E-state index >= 15 is 0 Å².